The van der Waals surface area contributed by atoms with E-state index in [-0.39, 0.29) is 28.6 Å². The Hall–Kier alpha value is -1.68. The van der Waals surface area contributed by atoms with Crippen molar-refractivity contribution >= 4 is 17.9 Å². The highest BCUT2D eigenvalue weighted by Crippen LogP contribution is 2.62. The molecule has 0 radical (unpaired) electrons. The van der Waals surface area contributed by atoms with Crippen molar-refractivity contribution < 1.29 is 9.72 Å². The highest BCUT2D eigenvalue weighted by atomic mass is 35.5. The van der Waals surface area contributed by atoms with Crippen LogP contribution in [-0.2, 0) is 4.79 Å². The number of carbonyl (C=O) groups excluding carboxylic acids is 1. The highest BCUT2D eigenvalue weighted by Gasteiger charge is 2.62. The normalized spacial score (nSPS) is 41.3. The van der Waals surface area contributed by atoms with Crippen molar-refractivity contribution in [1.82, 2.24) is 0 Å². The van der Waals surface area contributed by atoms with Crippen LogP contribution in [0.3, 0.4) is 0 Å². The molecule has 2 fully saturated rings. The summed E-state index contributed by atoms with van der Waals surface area (Å²) in [6, 6.07) is 6.75. The fourth-order valence-electron chi connectivity index (χ4n) is 6.19. The zero-order valence-electron chi connectivity index (χ0n) is 14.9. The molecule has 5 heteroatoms. The molecule has 1 aromatic carbocycles. The topological polar surface area (TPSA) is 60.2 Å². The van der Waals surface area contributed by atoms with Gasteiger partial charge in [0.2, 0.25) is 6.04 Å². The molecule has 0 aromatic heterocycles. The van der Waals surface area contributed by atoms with Crippen LogP contribution in [0.5, 0.6) is 0 Å². The molecular formula is C21H24ClNO3. The van der Waals surface area contributed by atoms with Gasteiger partial charge in [-0.25, -0.2) is 0 Å². The Labute approximate surface area is 158 Å². The third-order valence-corrected chi connectivity index (χ3v) is 7.65. The van der Waals surface area contributed by atoms with Gasteiger partial charge in [-0.1, -0.05) is 55.3 Å². The minimum atomic E-state index is -0.769. The molecule has 2 saturated carbocycles. The lowest BCUT2D eigenvalue weighted by atomic mass is 9.45. The molecule has 0 bridgehead atoms. The summed E-state index contributed by atoms with van der Waals surface area (Å²) in [6.07, 6.45) is 8.78. The molecule has 0 saturated heterocycles. The van der Waals surface area contributed by atoms with Crippen molar-refractivity contribution in [3.8, 4) is 0 Å². The molecular weight excluding hydrogens is 350 g/mol. The van der Waals surface area contributed by atoms with E-state index in [1.54, 1.807) is 0 Å². The summed E-state index contributed by atoms with van der Waals surface area (Å²) in [5.41, 5.74) is 0.253. The number of carbonyl (C=O) groups is 1. The number of hydrogen-bond donors (Lipinski definition) is 0. The maximum Gasteiger partial charge on any atom is 0.221 e. The minimum Gasteiger partial charge on any atom is -0.303 e. The monoisotopic (exact) mass is 373 g/mol. The van der Waals surface area contributed by atoms with Gasteiger partial charge < -0.3 is 4.79 Å². The van der Waals surface area contributed by atoms with E-state index in [4.69, 9.17) is 11.6 Å². The molecule has 0 aliphatic heterocycles. The number of aldehydes is 1. The fourth-order valence-corrected chi connectivity index (χ4v) is 6.46. The minimum absolute atomic E-state index is 0.0384. The number of benzene rings is 1. The molecule has 0 N–H and O–H groups in total. The molecule has 3 aliphatic rings. The zero-order chi connectivity index (χ0) is 18.5. The van der Waals surface area contributed by atoms with E-state index in [1.165, 1.54) is 0 Å². The molecule has 7 atom stereocenters. The second-order valence-corrected chi connectivity index (χ2v) is 8.70. The van der Waals surface area contributed by atoms with Gasteiger partial charge in [-0.15, -0.1) is 0 Å². The van der Waals surface area contributed by atoms with Gasteiger partial charge in [0.15, 0.2) is 0 Å². The van der Waals surface area contributed by atoms with E-state index in [1.807, 2.05) is 31.2 Å². The van der Waals surface area contributed by atoms with Crippen LogP contribution in [0.2, 0.25) is 5.02 Å². The smallest absolute Gasteiger partial charge is 0.221 e. The Balaban J connectivity index is 1.89. The van der Waals surface area contributed by atoms with Crippen LogP contribution in [0.1, 0.15) is 44.1 Å². The molecule has 4 nitrogen and oxygen atoms in total. The maximum absolute atomic E-state index is 12.4. The van der Waals surface area contributed by atoms with Gasteiger partial charge in [0, 0.05) is 21.8 Å². The van der Waals surface area contributed by atoms with Crippen molar-refractivity contribution in [3.05, 3.63) is 57.1 Å². The lowest BCUT2D eigenvalue weighted by Crippen LogP contribution is -2.58. The molecule has 1 aromatic rings. The third kappa shape index (κ3) is 2.45. The van der Waals surface area contributed by atoms with Crippen molar-refractivity contribution in [2.45, 2.75) is 44.6 Å². The van der Waals surface area contributed by atoms with Gasteiger partial charge in [0.1, 0.15) is 6.29 Å². The Bertz CT molecular complexity index is 763. The summed E-state index contributed by atoms with van der Waals surface area (Å²) >= 11 is 6.47. The van der Waals surface area contributed by atoms with Crippen LogP contribution in [0.4, 0.5) is 0 Å². The molecule has 4 rings (SSSR count). The Morgan fingerprint density at radius 1 is 1.27 bits per heavy atom. The first-order chi connectivity index (χ1) is 12.5. The molecule has 0 amide bonds. The van der Waals surface area contributed by atoms with Crippen LogP contribution in [0.15, 0.2) is 36.4 Å². The largest absolute Gasteiger partial charge is 0.303 e. The first-order valence-electron chi connectivity index (χ1n) is 9.52. The first-order valence-corrected chi connectivity index (χ1v) is 9.90. The van der Waals surface area contributed by atoms with Crippen molar-refractivity contribution in [1.29, 1.82) is 0 Å². The first kappa shape index (κ1) is 17.7. The number of nitrogens with zero attached hydrogens (tertiary/aromatic N) is 1. The average molecular weight is 374 g/mol. The van der Waals surface area contributed by atoms with Gasteiger partial charge in [-0.2, -0.15) is 0 Å². The van der Waals surface area contributed by atoms with E-state index < -0.39 is 11.5 Å². The maximum atomic E-state index is 12.4. The van der Waals surface area contributed by atoms with E-state index in [0.29, 0.717) is 17.4 Å². The van der Waals surface area contributed by atoms with Crippen LogP contribution in [-0.4, -0.2) is 17.3 Å². The summed E-state index contributed by atoms with van der Waals surface area (Å²) in [5, 5.41) is 12.7. The molecule has 26 heavy (non-hydrogen) atoms. The predicted octanol–water partition coefficient (Wildman–Crippen LogP) is 4.90. The van der Waals surface area contributed by atoms with Crippen molar-refractivity contribution in [3.63, 3.8) is 0 Å². The quantitative estimate of drug-likeness (QED) is 0.328. The van der Waals surface area contributed by atoms with Crippen LogP contribution in [0.25, 0.3) is 0 Å². The highest BCUT2D eigenvalue weighted by molar-refractivity contribution is 6.31. The summed E-state index contributed by atoms with van der Waals surface area (Å²) in [5.74, 6) is 0.448. The van der Waals surface area contributed by atoms with Gasteiger partial charge in [-0.05, 0) is 48.1 Å². The lowest BCUT2D eigenvalue weighted by Gasteiger charge is -2.57. The van der Waals surface area contributed by atoms with Crippen LogP contribution < -0.4 is 0 Å². The summed E-state index contributed by atoms with van der Waals surface area (Å²) < 4.78 is 0. The number of rotatable bonds is 3. The summed E-state index contributed by atoms with van der Waals surface area (Å²) in [7, 11) is 0. The molecule has 138 valence electrons. The average Bonchev–Trinajstić information content (AvgIpc) is 2.65. The Morgan fingerprint density at radius 2 is 2.04 bits per heavy atom. The lowest BCUT2D eigenvalue weighted by molar-refractivity contribution is -0.537. The van der Waals surface area contributed by atoms with Crippen molar-refractivity contribution in [2.75, 3.05) is 0 Å². The van der Waals surface area contributed by atoms with Gasteiger partial charge in [0.25, 0.3) is 0 Å². The van der Waals surface area contributed by atoms with Gasteiger partial charge in [0.05, 0.1) is 5.92 Å². The Morgan fingerprint density at radius 3 is 2.73 bits per heavy atom. The van der Waals surface area contributed by atoms with Crippen molar-refractivity contribution in [2.24, 2.45) is 29.1 Å². The van der Waals surface area contributed by atoms with E-state index >= 15 is 0 Å². The fraction of sp³-hybridized carbons (Fsp3) is 0.571. The number of nitro groups is 1. The van der Waals surface area contributed by atoms with E-state index in [9.17, 15) is 14.9 Å². The van der Waals surface area contributed by atoms with Gasteiger partial charge in [-0.3, -0.25) is 10.1 Å². The SMILES string of the molecule is C[C@@H]1C=C[C@@H]2CCC[C@@H]3[C@@H](c4ccccc4Cl)[C@@H]([N+](=O)[O-])C[C@]1(C=O)[C@H]32. The number of halogens is 1. The molecule has 3 aliphatic carbocycles. The van der Waals surface area contributed by atoms with Crippen LogP contribution in [0, 0.1) is 39.2 Å². The van der Waals surface area contributed by atoms with Gasteiger partial charge >= 0.3 is 0 Å². The third-order valence-electron chi connectivity index (χ3n) is 7.31. The van der Waals surface area contributed by atoms with E-state index in [0.717, 1.165) is 31.1 Å². The molecule has 0 heterocycles. The Kier molecular flexibility index (Phi) is 4.42. The zero-order valence-corrected chi connectivity index (χ0v) is 15.6. The standard InChI is InChI=1S/C21H24ClNO3/c1-13-9-10-14-5-4-7-16-19(15-6-2-3-8-17(15)22)18(23(25)26)11-21(13,12-24)20(14)16/h2-3,6,8-10,12-14,16,18-20H,4-5,7,11H2,1H3/t13-,14+,16-,18+,19-,20+,21-/m1/s1. The second kappa shape index (κ2) is 6.49. The summed E-state index contributed by atoms with van der Waals surface area (Å²) in [6.45, 7) is 2.04. The molecule has 0 spiro atoms. The van der Waals surface area contributed by atoms with E-state index in [2.05, 4.69) is 12.2 Å². The summed E-state index contributed by atoms with van der Waals surface area (Å²) in [4.78, 5) is 24.3. The van der Waals surface area contributed by atoms with Crippen LogP contribution >= 0.6 is 11.6 Å². The molecule has 0 unspecified atom stereocenters. The second-order valence-electron chi connectivity index (χ2n) is 8.29. The number of allylic oxidation sites excluding steroid dienone is 2. The number of hydrogen-bond acceptors (Lipinski definition) is 3. The predicted molar refractivity (Wildman–Crippen MR) is 101 cm³/mol.